The number of aromatic nitrogens is 2. The van der Waals surface area contributed by atoms with Crippen LogP contribution in [-0.4, -0.2) is 9.59 Å². The largest absolute Gasteiger partial charge is 0.323 e. The number of nitrogens with zero attached hydrogens (tertiary/aromatic N) is 2. The van der Waals surface area contributed by atoms with E-state index in [2.05, 4.69) is 9.59 Å². The molecule has 6 heteroatoms. The van der Waals surface area contributed by atoms with E-state index >= 15 is 0 Å². The minimum absolute atomic E-state index is 0.237. The zero-order valence-electron chi connectivity index (χ0n) is 9.86. The summed E-state index contributed by atoms with van der Waals surface area (Å²) >= 11 is 1.21. The molecule has 2 aromatic rings. The second kappa shape index (κ2) is 5.49. The van der Waals surface area contributed by atoms with Gasteiger partial charge in [-0.3, -0.25) is 0 Å². The molecular weight excluding hydrogens is 256 g/mol. The molecule has 2 rings (SSSR count). The van der Waals surface area contributed by atoms with Crippen LogP contribution < -0.4 is 5.73 Å². The molecule has 0 amide bonds. The molecule has 1 unspecified atom stereocenters. The Balaban J connectivity index is 2.21. The second-order valence-electron chi connectivity index (χ2n) is 3.96. The molecule has 0 aliphatic rings. The van der Waals surface area contributed by atoms with Gasteiger partial charge in [-0.25, -0.2) is 8.78 Å². The molecule has 0 saturated carbocycles. The third-order valence-electron chi connectivity index (χ3n) is 2.73. The van der Waals surface area contributed by atoms with Gasteiger partial charge in [-0.05, 0) is 36.0 Å². The molecule has 1 atom stereocenters. The van der Waals surface area contributed by atoms with Crippen molar-refractivity contribution in [2.24, 2.45) is 5.73 Å². The Labute approximate surface area is 108 Å². The SMILES string of the molecule is CCc1nnsc1C(N)Cc1cccc(F)c1F. The number of halogens is 2. The fourth-order valence-corrected chi connectivity index (χ4v) is 2.51. The highest BCUT2D eigenvalue weighted by molar-refractivity contribution is 7.05. The van der Waals surface area contributed by atoms with Crippen LogP contribution >= 0.6 is 11.5 Å². The highest BCUT2D eigenvalue weighted by atomic mass is 32.1. The highest BCUT2D eigenvalue weighted by Gasteiger charge is 2.17. The maximum absolute atomic E-state index is 13.5. The molecule has 0 fully saturated rings. The lowest BCUT2D eigenvalue weighted by atomic mass is 10.0. The van der Waals surface area contributed by atoms with E-state index < -0.39 is 17.7 Å². The van der Waals surface area contributed by atoms with Gasteiger partial charge in [-0.2, -0.15) is 0 Å². The first kappa shape index (κ1) is 13.0. The van der Waals surface area contributed by atoms with E-state index in [4.69, 9.17) is 5.73 Å². The third kappa shape index (κ3) is 2.54. The van der Waals surface area contributed by atoms with Gasteiger partial charge in [-0.15, -0.1) is 5.10 Å². The van der Waals surface area contributed by atoms with Crippen LogP contribution in [0.1, 0.15) is 29.1 Å². The summed E-state index contributed by atoms with van der Waals surface area (Å²) in [6.45, 7) is 1.95. The molecule has 0 bridgehead atoms. The smallest absolute Gasteiger partial charge is 0.162 e. The summed E-state index contributed by atoms with van der Waals surface area (Å²) in [4.78, 5) is 0.834. The summed E-state index contributed by atoms with van der Waals surface area (Å²) in [5.74, 6) is -1.68. The van der Waals surface area contributed by atoms with Crippen LogP contribution in [0.4, 0.5) is 8.78 Å². The van der Waals surface area contributed by atoms with Crippen LogP contribution in [0.2, 0.25) is 0 Å². The second-order valence-corrected chi connectivity index (χ2v) is 4.75. The molecular formula is C12H13F2N3S. The third-order valence-corrected chi connectivity index (χ3v) is 3.63. The van der Waals surface area contributed by atoms with E-state index in [1.54, 1.807) is 6.07 Å². The molecule has 0 aliphatic carbocycles. The van der Waals surface area contributed by atoms with Crippen LogP contribution in [0.15, 0.2) is 18.2 Å². The molecule has 96 valence electrons. The fourth-order valence-electron chi connectivity index (χ4n) is 1.78. The first-order chi connectivity index (χ1) is 8.63. The lowest BCUT2D eigenvalue weighted by Gasteiger charge is -2.11. The first-order valence-electron chi connectivity index (χ1n) is 5.63. The molecule has 1 aromatic heterocycles. The normalized spacial score (nSPS) is 12.7. The van der Waals surface area contributed by atoms with Gasteiger partial charge in [0.2, 0.25) is 0 Å². The van der Waals surface area contributed by atoms with Crippen LogP contribution in [0.5, 0.6) is 0 Å². The summed E-state index contributed by atoms with van der Waals surface area (Å²) < 4.78 is 30.4. The Hall–Kier alpha value is -1.40. The number of benzene rings is 1. The number of hydrogen-bond acceptors (Lipinski definition) is 4. The van der Waals surface area contributed by atoms with Crippen LogP contribution in [0, 0.1) is 11.6 Å². The Kier molecular flexibility index (Phi) is 3.98. The molecule has 0 saturated heterocycles. The van der Waals surface area contributed by atoms with Crippen molar-refractivity contribution < 1.29 is 8.78 Å². The van der Waals surface area contributed by atoms with Crippen molar-refractivity contribution in [2.45, 2.75) is 25.8 Å². The minimum atomic E-state index is -0.849. The Morgan fingerprint density at radius 3 is 2.89 bits per heavy atom. The monoisotopic (exact) mass is 269 g/mol. The van der Waals surface area contributed by atoms with Crippen molar-refractivity contribution in [1.29, 1.82) is 0 Å². The van der Waals surface area contributed by atoms with Gasteiger partial charge in [0.05, 0.1) is 10.6 Å². The number of aryl methyl sites for hydroxylation is 1. The van der Waals surface area contributed by atoms with Gasteiger partial charge >= 0.3 is 0 Å². The van der Waals surface area contributed by atoms with Gasteiger partial charge < -0.3 is 5.73 Å². The van der Waals surface area contributed by atoms with Crippen molar-refractivity contribution >= 4 is 11.5 Å². The van der Waals surface area contributed by atoms with E-state index in [0.717, 1.165) is 23.1 Å². The molecule has 2 N–H and O–H groups in total. The number of nitrogens with two attached hydrogens (primary N) is 1. The maximum atomic E-state index is 13.5. The van der Waals surface area contributed by atoms with E-state index in [1.807, 2.05) is 6.92 Å². The van der Waals surface area contributed by atoms with Crippen molar-refractivity contribution in [1.82, 2.24) is 9.59 Å². The van der Waals surface area contributed by atoms with Gasteiger partial charge in [0, 0.05) is 6.04 Å². The number of rotatable bonds is 4. The van der Waals surface area contributed by atoms with Gasteiger partial charge in [0.25, 0.3) is 0 Å². The van der Waals surface area contributed by atoms with E-state index in [0.29, 0.717) is 0 Å². The minimum Gasteiger partial charge on any atom is -0.323 e. The van der Waals surface area contributed by atoms with Crippen LogP contribution in [0.25, 0.3) is 0 Å². The molecule has 0 aliphatic heterocycles. The molecule has 0 spiro atoms. The van der Waals surface area contributed by atoms with Crippen LogP contribution in [-0.2, 0) is 12.8 Å². The van der Waals surface area contributed by atoms with E-state index in [-0.39, 0.29) is 12.0 Å². The van der Waals surface area contributed by atoms with Gasteiger partial charge in [0.15, 0.2) is 11.6 Å². The van der Waals surface area contributed by atoms with E-state index in [1.165, 1.54) is 17.6 Å². The van der Waals surface area contributed by atoms with Crippen molar-refractivity contribution in [2.75, 3.05) is 0 Å². The molecule has 1 aromatic carbocycles. The standard InChI is InChI=1S/C12H13F2N3S/c1-2-10-12(18-17-16-10)9(15)6-7-4-3-5-8(13)11(7)14/h3-5,9H,2,6,15H2,1H3. The Morgan fingerprint density at radius 2 is 2.17 bits per heavy atom. The first-order valence-corrected chi connectivity index (χ1v) is 6.40. The summed E-state index contributed by atoms with van der Waals surface area (Å²) in [5.41, 5.74) is 7.11. The lowest BCUT2D eigenvalue weighted by Crippen LogP contribution is -2.15. The maximum Gasteiger partial charge on any atom is 0.162 e. The van der Waals surface area contributed by atoms with Crippen molar-refractivity contribution in [3.63, 3.8) is 0 Å². The molecule has 0 radical (unpaired) electrons. The van der Waals surface area contributed by atoms with Gasteiger partial charge in [0.1, 0.15) is 0 Å². The summed E-state index contributed by atoms with van der Waals surface area (Å²) in [7, 11) is 0. The van der Waals surface area contributed by atoms with E-state index in [9.17, 15) is 8.78 Å². The zero-order valence-corrected chi connectivity index (χ0v) is 10.7. The Morgan fingerprint density at radius 1 is 1.39 bits per heavy atom. The van der Waals surface area contributed by atoms with Crippen molar-refractivity contribution in [3.8, 4) is 0 Å². The van der Waals surface area contributed by atoms with Crippen molar-refractivity contribution in [3.05, 3.63) is 46.0 Å². The summed E-state index contributed by atoms with van der Waals surface area (Å²) in [6.07, 6.45) is 0.964. The quantitative estimate of drug-likeness (QED) is 0.928. The summed E-state index contributed by atoms with van der Waals surface area (Å²) in [5, 5.41) is 3.96. The average molecular weight is 269 g/mol. The Bertz CT molecular complexity index is 542. The highest BCUT2D eigenvalue weighted by Crippen LogP contribution is 2.24. The molecule has 3 nitrogen and oxygen atoms in total. The fraction of sp³-hybridized carbons (Fsp3) is 0.333. The molecule has 1 heterocycles. The topological polar surface area (TPSA) is 51.8 Å². The number of hydrogen-bond donors (Lipinski definition) is 1. The predicted molar refractivity (Wildman–Crippen MR) is 66.3 cm³/mol. The average Bonchev–Trinajstić information content (AvgIpc) is 2.83. The lowest BCUT2D eigenvalue weighted by molar-refractivity contribution is 0.494. The van der Waals surface area contributed by atoms with Crippen LogP contribution in [0.3, 0.4) is 0 Å². The van der Waals surface area contributed by atoms with Gasteiger partial charge in [-0.1, -0.05) is 23.5 Å². The summed E-state index contributed by atoms with van der Waals surface area (Å²) in [6, 6.07) is 3.71. The molecule has 18 heavy (non-hydrogen) atoms. The zero-order chi connectivity index (χ0) is 13.1. The predicted octanol–water partition coefficient (Wildman–Crippen LogP) is 2.62.